The van der Waals surface area contributed by atoms with Gasteiger partial charge < -0.3 is 11.1 Å². The van der Waals surface area contributed by atoms with Crippen molar-refractivity contribution in [1.29, 1.82) is 0 Å². The summed E-state index contributed by atoms with van der Waals surface area (Å²) < 4.78 is 0. The first kappa shape index (κ1) is 17.4. The number of nitrogens with two attached hydrogens (primary N) is 1. The van der Waals surface area contributed by atoms with Gasteiger partial charge in [0.25, 0.3) is 0 Å². The van der Waals surface area contributed by atoms with E-state index in [-0.39, 0.29) is 18.2 Å². The summed E-state index contributed by atoms with van der Waals surface area (Å²) in [7, 11) is 0. The summed E-state index contributed by atoms with van der Waals surface area (Å²) in [6.07, 6.45) is 0.500. The van der Waals surface area contributed by atoms with Crippen molar-refractivity contribution < 1.29 is 9.59 Å². The molecule has 0 heterocycles. The lowest BCUT2D eigenvalue weighted by molar-refractivity contribution is -0.117. The van der Waals surface area contributed by atoms with Gasteiger partial charge in [-0.2, -0.15) is 0 Å². The Kier molecular flexibility index (Phi) is 5.44. The van der Waals surface area contributed by atoms with E-state index in [2.05, 4.69) is 17.4 Å². The van der Waals surface area contributed by atoms with E-state index < -0.39 is 0 Å². The van der Waals surface area contributed by atoms with Crippen LogP contribution in [0.3, 0.4) is 0 Å². The average Bonchev–Trinajstić information content (AvgIpc) is 2.64. The zero-order valence-electron chi connectivity index (χ0n) is 14.3. The lowest BCUT2D eigenvalue weighted by Gasteiger charge is -2.07. The molecule has 3 N–H and O–H groups in total. The Bertz CT molecular complexity index is 886. The molecular weight excluding hydrogens is 324 g/mol. The van der Waals surface area contributed by atoms with E-state index in [1.165, 1.54) is 0 Å². The molecule has 3 rings (SSSR count). The zero-order chi connectivity index (χ0) is 18.4. The van der Waals surface area contributed by atoms with E-state index in [0.717, 1.165) is 22.3 Å². The lowest BCUT2D eigenvalue weighted by Crippen LogP contribution is -2.15. The monoisotopic (exact) mass is 344 g/mol. The van der Waals surface area contributed by atoms with Gasteiger partial charge in [-0.25, -0.2) is 0 Å². The molecule has 2 amide bonds. The number of benzene rings is 3. The fourth-order valence-electron chi connectivity index (χ4n) is 2.74. The summed E-state index contributed by atoms with van der Waals surface area (Å²) >= 11 is 0. The number of rotatable bonds is 6. The molecular formula is C22H20N2O2. The second kappa shape index (κ2) is 8.12. The highest BCUT2D eigenvalue weighted by Gasteiger charge is 2.06. The molecule has 0 saturated carbocycles. The average molecular weight is 344 g/mol. The fourth-order valence-corrected chi connectivity index (χ4v) is 2.74. The van der Waals surface area contributed by atoms with Gasteiger partial charge in [0.15, 0.2) is 0 Å². The van der Waals surface area contributed by atoms with Crippen LogP contribution in [0.5, 0.6) is 0 Å². The van der Waals surface area contributed by atoms with Gasteiger partial charge in [-0.05, 0) is 34.4 Å². The Hall–Kier alpha value is -3.40. The largest absolute Gasteiger partial charge is 0.369 e. The minimum atomic E-state index is -0.374. The van der Waals surface area contributed by atoms with Gasteiger partial charge in [0.05, 0.1) is 12.8 Å². The summed E-state index contributed by atoms with van der Waals surface area (Å²) in [5, 5.41) is 2.86. The van der Waals surface area contributed by atoms with Crippen molar-refractivity contribution in [3.63, 3.8) is 0 Å². The Morgan fingerprint density at radius 2 is 1.23 bits per heavy atom. The standard InChI is InChI=1S/C22H20N2O2/c23-21(25)14-16-8-12-20(13-9-16)24-22(26)15-17-6-10-19(11-7-17)18-4-2-1-3-5-18/h1-13H,14-15H2,(H2,23,25)(H,24,26). The molecule has 130 valence electrons. The van der Waals surface area contributed by atoms with Gasteiger partial charge >= 0.3 is 0 Å². The molecule has 3 aromatic rings. The third-order valence-corrected chi connectivity index (χ3v) is 4.04. The number of carbonyl (C=O) groups excluding carboxylic acids is 2. The molecule has 3 aromatic carbocycles. The predicted molar refractivity (Wildman–Crippen MR) is 104 cm³/mol. The number of nitrogens with one attached hydrogen (secondary N) is 1. The van der Waals surface area contributed by atoms with Gasteiger partial charge in [-0.3, -0.25) is 9.59 Å². The molecule has 0 atom stereocenters. The first-order chi connectivity index (χ1) is 12.6. The minimum Gasteiger partial charge on any atom is -0.369 e. The van der Waals surface area contributed by atoms with Gasteiger partial charge in [0, 0.05) is 5.69 Å². The molecule has 0 fully saturated rings. The van der Waals surface area contributed by atoms with Crippen LogP contribution in [0, 0.1) is 0 Å². The van der Waals surface area contributed by atoms with Crippen LogP contribution < -0.4 is 11.1 Å². The van der Waals surface area contributed by atoms with Crippen molar-refractivity contribution in [2.24, 2.45) is 5.73 Å². The minimum absolute atomic E-state index is 0.0832. The van der Waals surface area contributed by atoms with E-state index in [9.17, 15) is 9.59 Å². The Morgan fingerprint density at radius 1 is 0.692 bits per heavy atom. The van der Waals surface area contributed by atoms with Crippen LogP contribution in [0.4, 0.5) is 5.69 Å². The van der Waals surface area contributed by atoms with Crippen molar-refractivity contribution in [3.05, 3.63) is 90.0 Å². The molecule has 26 heavy (non-hydrogen) atoms. The summed E-state index contributed by atoms with van der Waals surface area (Å²) in [5.74, 6) is -0.458. The number of hydrogen-bond donors (Lipinski definition) is 2. The summed E-state index contributed by atoms with van der Waals surface area (Å²) in [6, 6.07) is 25.2. The zero-order valence-corrected chi connectivity index (χ0v) is 14.3. The van der Waals surface area contributed by atoms with Crippen molar-refractivity contribution in [2.75, 3.05) is 5.32 Å². The highest BCUT2D eigenvalue weighted by atomic mass is 16.1. The second-order valence-corrected chi connectivity index (χ2v) is 6.13. The van der Waals surface area contributed by atoms with Crippen LogP contribution in [0.25, 0.3) is 11.1 Å². The molecule has 0 bridgehead atoms. The van der Waals surface area contributed by atoms with Crippen molar-refractivity contribution in [2.45, 2.75) is 12.8 Å². The molecule has 0 unspecified atom stereocenters. The quantitative estimate of drug-likeness (QED) is 0.717. The first-order valence-corrected chi connectivity index (χ1v) is 8.41. The Labute approximate surface area is 152 Å². The fraction of sp³-hybridized carbons (Fsp3) is 0.0909. The van der Waals surface area contributed by atoms with Crippen LogP contribution in [0.15, 0.2) is 78.9 Å². The summed E-state index contributed by atoms with van der Waals surface area (Å²) in [6.45, 7) is 0. The van der Waals surface area contributed by atoms with Crippen LogP contribution in [0.2, 0.25) is 0 Å². The maximum absolute atomic E-state index is 12.2. The SMILES string of the molecule is NC(=O)Cc1ccc(NC(=O)Cc2ccc(-c3ccccc3)cc2)cc1. The molecule has 0 aliphatic rings. The van der Waals surface area contributed by atoms with Gasteiger partial charge in [-0.15, -0.1) is 0 Å². The van der Waals surface area contributed by atoms with Gasteiger partial charge in [-0.1, -0.05) is 66.7 Å². The van der Waals surface area contributed by atoms with E-state index in [0.29, 0.717) is 12.1 Å². The second-order valence-electron chi connectivity index (χ2n) is 6.13. The summed E-state index contributed by atoms with van der Waals surface area (Å²) in [4.78, 5) is 23.1. The molecule has 0 spiro atoms. The maximum Gasteiger partial charge on any atom is 0.228 e. The molecule has 0 aliphatic heterocycles. The number of anilines is 1. The van der Waals surface area contributed by atoms with Gasteiger partial charge in [0.1, 0.15) is 0 Å². The Balaban J connectivity index is 1.58. The van der Waals surface area contributed by atoms with Crippen LogP contribution in [0.1, 0.15) is 11.1 Å². The number of primary amides is 1. The molecule has 0 radical (unpaired) electrons. The maximum atomic E-state index is 12.2. The van der Waals surface area contributed by atoms with E-state index in [4.69, 9.17) is 5.73 Å². The third-order valence-electron chi connectivity index (χ3n) is 4.04. The number of carbonyl (C=O) groups is 2. The normalized spacial score (nSPS) is 10.3. The predicted octanol–water partition coefficient (Wildman–Crippen LogP) is 3.56. The first-order valence-electron chi connectivity index (χ1n) is 8.41. The number of amides is 2. The smallest absolute Gasteiger partial charge is 0.228 e. The van der Waals surface area contributed by atoms with Crippen LogP contribution >= 0.6 is 0 Å². The van der Waals surface area contributed by atoms with E-state index in [1.54, 1.807) is 24.3 Å². The highest BCUT2D eigenvalue weighted by molar-refractivity contribution is 5.92. The van der Waals surface area contributed by atoms with E-state index >= 15 is 0 Å². The Morgan fingerprint density at radius 3 is 1.85 bits per heavy atom. The summed E-state index contributed by atoms with van der Waals surface area (Å²) in [5.41, 5.74) is 9.92. The van der Waals surface area contributed by atoms with E-state index in [1.807, 2.05) is 42.5 Å². The molecule has 4 heteroatoms. The topological polar surface area (TPSA) is 72.2 Å². The number of hydrogen-bond acceptors (Lipinski definition) is 2. The molecule has 0 aliphatic carbocycles. The van der Waals surface area contributed by atoms with Gasteiger partial charge in [0.2, 0.25) is 11.8 Å². The highest BCUT2D eigenvalue weighted by Crippen LogP contribution is 2.19. The molecule has 4 nitrogen and oxygen atoms in total. The van der Waals surface area contributed by atoms with Crippen molar-refractivity contribution in [1.82, 2.24) is 0 Å². The van der Waals surface area contributed by atoms with Crippen molar-refractivity contribution in [3.8, 4) is 11.1 Å². The van der Waals surface area contributed by atoms with Crippen molar-refractivity contribution >= 4 is 17.5 Å². The third kappa shape index (κ3) is 4.80. The molecule has 0 saturated heterocycles. The van der Waals surface area contributed by atoms with Crippen LogP contribution in [-0.4, -0.2) is 11.8 Å². The van der Waals surface area contributed by atoms with Crippen LogP contribution in [-0.2, 0) is 22.4 Å². The molecule has 0 aromatic heterocycles. The lowest BCUT2D eigenvalue weighted by atomic mass is 10.0.